The number of carbonyl (C=O) groups is 2. The fourth-order valence-corrected chi connectivity index (χ4v) is 1.61. The van der Waals surface area contributed by atoms with Crippen molar-refractivity contribution < 1.29 is 29.3 Å². The van der Waals surface area contributed by atoms with E-state index in [4.69, 9.17) is 40.9 Å². The molecule has 1 aromatic carbocycles. The number of carboxylic acid groups (broad SMARTS) is 2. The van der Waals surface area contributed by atoms with E-state index >= 15 is 0 Å². The molecular formula is C14H20ClNO6. The predicted octanol–water partition coefficient (Wildman–Crippen LogP) is 1.92. The highest BCUT2D eigenvalue weighted by Gasteiger charge is 2.07. The van der Waals surface area contributed by atoms with Crippen molar-refractivity contribution in [3.8, 4) is 11.5 Å². The minimum atomic E-state index is -1.82. The smallest absolute Gasteiger partial charge is 0.414 e. The average molecular weight is 334 g/mol. The SMILES string of the molecule is COc1ccc(N(C)CCCCl)cc1OC.O=C(O)C(=O)O. The van der Waals surface area contributed by atoms with Gasteiger partial charge in [-0.3, -0.25) is 0 Å². The topological polar surface area (TPSA) is 96.3 Å². The number of anilines is 1. The highest BCUT2D eigenvalue weighted by Crippen LogP contribution is 2.31. The van der Waals surface area contributed by atoms with Crippen LogP contribution in [-0.2, 0) is 9.59 Å². The monoisotopic (exact) mass is 333 g/mol. The lowest BCUT2D eigenvalue weighted by molar-refractivity contribution is -0.159. The number of halogens is 1. The maximum absolute atomic E-state index is 9.10. The third kappa shape index (κ3) is 7.03. The second-order valence-electron chi connectivity index (χ2n) is 4.11. The van der Waals surface area contributed by atoms with Crippen LogP contribution in [-0.4, -0.2) is 55.8 Å². The third-order valence-electron chi connectivity index (χ3n) is 2.62. The van der Waals surface area contributed by atoms with Crippen LogP contribution in [0.25, 0.3) is 0 Å². The largest absolute Gasteiger partial charge is 0.493 e. The van der Waals surface area contributed by atoms with Gasteiger partial charge >= 0.3 is 11.9 Å². The molecule has 0 atom stereocenters. The van der Waals surface area contributed by atoms with Crippen molar-refractivity contribution in [3.05, 3.63) is 18.2 Å². The summed E-state index contributed by atoms with van der Waals surface area (Å²) in [6.45, 7) is 0.930. The van der Waals surface area contributed by atoms with Crippen molar-refractivity contribution in [1.82, 2.24) is 0 Å². The number of nitrogens with zero attached hydrogens (tertiary/aromatic N) is 1. The predicted molar refractivity (Wildman–Crippen MR) is 83.4 cm³/mol. The van der Waals surface area contributed by atoms with Crippen LogP contribution in [0.5, 0.6) is 11.5 Å². The Morgan fingerprint density at radius 3 is 2.09 bits per heavy atom. The summed E-state index contributed by atoms with van der Waals surface area (Å²) >= 11 is 5.67. The molecule has 0 spiro atoms. The van der Waals surface area contributed by atoms with Gasteiger partial charge in [0.25, 0.3) is 0 Å². The van der Waals surface area contributed by atoms with E-state index in [1.165, 1.54) is 0 Å². The Hall–Kier alpha value is -2.15. The lowest BCUT2D eigenvalue weighted by Crippen LogP contribution is -2.18. The van der Waals surface area contributed by atoms with E-state index in [1.54, 1.807) is 14.2 Å². The first-order valence-corrected chi connectivity index (χ1v) is 6.86. The summed E-state index contributed by atoms with van der Waals surface area (Å²) in [5, 5.41) is 14.8. The first-order valence-electron chi connectivity index (χ1n) is 6.32. The fraction of sp³-hybridized carbons (Fsp3) is 0.429. The summed E-state index contributed by atoms with van der Waals surface area (Å²) in [4.78, 5) is 20.3. The molecule has 0 radical (unpaired) electrons. The molecule has 1 aromatic rings. The minimum absolute atomic E-state index is 0.678. The molecule has 0 fully saturated rings. The van der Waals surface area contributed by atoms with E-state index in [2.05, 4.69) is 4.90 Å². The molecule has 124 valence electrons. The standard InChI is InChI=1S/C12H18ClNO2.C2H2O4/c1-14(8-4-7-13)10-5-6-11(15-2)12(9-10)16-3;3-1(4)2(5)6/h5-6,9H,4,7-8H2,1-3H3;(H,3,4)(H,5,6). The summed E-state index contributed by atoms with van der Waals surface area (Å²) in [7, 11) is 5.31. The molecule has 0 aliphatic carbocycles. The molecule has 0 unspecified atom stereocenters. The van der Waals surface area contributed by atoms with E-state index in [1.807, 2.05) is 25.2 Å². The van der Waals surface area contributed by atoms with E-state index in [-0.39, 0.29) is 0 Å². The molecule has 0 bridgehead atoms. The van der Waals surface area contributed by atoms with Gasteiger partial charge < -0.3 is 24.6 Å². The maximum atomic E-state index is 9.10. The zero-order valence-corrected chi connectivity index (χ0v) is 13.5. The molecule has 0 saturated heterocycles. The Morgan fingerprint density at radius 2 is 1.68 bits per heavy atom. The lowest BCUT2D eigenvalue weighted by Gasteiger charge is -2.20. The molecule has 7 nitrogen and oxygen atoms in total. The number of rotatable bonds is 6. The lowest BCUT2D eigenvalue weighted by atomic mass is 10.2. The van der Waals surface area contributed by atoms with Crippen molar-refractivity contribution in [2.24, 2.45) is 0 Å². The van der Waals surface area contributed by atoms with Crippen LogP contribution in [0.4, 0.5) is 5.69 Å². The van der Waals surface area contributed by atoms with Gasteiger partial charge in [0.1, 0.15) is 0 Å². The summed E-state index contributed by atoms with van der Waals surface area (Å²) in [5.41, 5.74) is 1.10. The van der Waals surface area contributed by atoms with Crippen LogP contribution < -0.4 is 14.4 Å². The Morgan fingerprint density at radius 1 is 1.14 bits per heavy atom. The van der Waals surface area contributed by atoms with Gasteiger partial charge in [-0.25, -0.2) is 9.59 Å². The molecule has 0 saturated carbocycles. The van der Waals surface area contributed by atoms with Gasteiger partial charge in [0.2, 0.25) is 0 Å². The van der Waals surface area contributed by atoms with Crippen LogP contribution >= 0.6 is 11.6 Å². The Kier molecular flexibility index (Phi) is 9.53. The van der Waals surface area contributed by atoms with Gasteiger partial charge in [0.05, 0.1) is 14.2 Å². The number of aliphatic carboxylic acids is 2. The summed E-state index contributed by atoms with van der Waals surface area (Å²) < 4.78 is 10.4. The van der Waals surface area contributed by atoms with Crippen LogP contribution in [0.15, 0.2) is 18.2 Å². The van der Waals surface area contributed by atoms with Gasteiger partial charge in [0.15, 0.2) is 11.5 Å². The summed E-state index contributed by atoms with van der Waals surface area (Å²) in [5.74, 6) is -1.47. The van der Waals surface area contributed by atoms with Gasteiger partial charge in [-0.2, -0.15) is 0 Å². The second-order valence-corrected chi connectivity index (χ2v) is 4.49. The van der Waals surface area contributed by atoms with E-state index < -0.39 is 11.9 Å². The van der Waals surface area contributed by atoms with Gasteiger partial charge in [0, 0.05) is 31.2 Å². The number of methoxy groups -OCH3 is 2. The van der Waals surface area contributed by atoms with Gasteiger partial charge in [-0.15, -0.1) is 11.6 Å². The molecule has 22 heavy (non-hydrogen) atoms. The summed E-state index contributed by atoms with van der Waals surface area (Å²) in [6.07, 6.45) is 0.965. The molecule has 0 heterocycles. The number of benzene rings is 1. The normalized spacial score (nSPS) is 9.27. The molecule has 0 aromatic heterocycles. The average Bonchev–Trinajstić information content (AvgIpc) is 2.52. The fourth-order valence-electron chi connectivity index (χ4n) is 1.49. The number of hydrogen-bond donors (Lipinski definition) is 2. The van der Waals surface area contributed by atoms with Gasteiger partial charge in [-0.1, -0.05) is 0 Å². The molecule has 0 amide bonds. The molecular weight excluding hydrogens is 314 g/mol. The van der Waals surface area contributed by atoms with Crippen molar-refractivity contribution in [2.75, 3.05) is 38.6 Å². The molecule has 2 N–H and O–H groups in total. The maximum Gasteiger partial charge on any atom is 0.414 e. The highest BCUT2D eigenvalue weighted by molar-refractivity contribution is 6.27. The van der Waals surface area contributed by atoms with Crippen LogP contribution in [0.2, 0.25) is 0 Å². The van der Waals surface area contributed by atoms with E-state index in [9.17, 15) is 0 Å². The zero-order chi connectivity index (χ0) is 17.1. The number of ether oxygens (including phenoxy) is 2. The quantitative estimate of drug-likeness (QED) is 0.606. The first kappa shape index (κ1) is 19.9. The second kappa shape index (κ2) is 10.6. The van der Waals surface area contributed by atoms with Crippen LogP contribution in [0, 0.1) is 0 Å². The molecule has 8 heteroatoms. The minimum Gasteiger partial charge on any atom is -0.493 e. The zero-order valence-electron chi connectivity index (χ0n) is 12.7. The van der Waals surface area contributed by atoms with Gasteiger partial charge in [-0.05, 0) is 18.6 Å². The molecule has 0 aliphatic heterocycles. The van der Waals surface area contributed by atoms with Crippen molar-refractivity contribution >= 4 is 29.2 Å². The summed E-state index contributed by atoms with van der Waals surface area (Å²) in [6, 6.07) is 5.88. The highest BCUT2D eigenvalue weighted by atomic mass is 35.5. The molecule has 0 aliphatic rings. The Bertz CT molecular complexity index is 482. The third-order valence-corrected chi connectivity index (χ3v) is 2.89. The molecule has 1 rings (SSSR count). The Balaban J connectivity index is 0.000000626. The van der Waals surface area contributed by atoms with Crippen LogP contribution in [0.3, 0.4) is 0 Å². The first-order chi connectivity index (χ1) is 10.4. The Labute approximate surface area is 134 Å². The van der Waals surface area contributed by atoms with Crippen LogP contribution in [0.1, 0.15) is 6.42 Å². The number of hydrogen-bond acceptors (Lipinski definition) is 5. The van der Waals surface area contributed by atoms with Crippen molar-refractivity contribution in [2.45, 2.75) is 6.42 Å². The van der Waals surface area contributed by atoms with E-state index in [0.717, 1.165) is 30.2 Å². The number of alkyl halides is 1. The number of carboxylic acids is 2. The van der Waals surface area contributed by atoms with Crippen molar-refractivity contribution in [3.63, 3.8) is 0 Å². The van der Waals surface area contributed by atoms with E-state index in [0.29, 0.717) is 5.88 Å². The van der Waals surface area contributed by atoms with Crippen molar-refractivity contribution in [1.29, 1.82) is 0 Å².